The molecule has 1 aliphatic rings. The maximum Gasteiger partial charge on any atom is 0.287 e. The number of fused-ring (bicyclic) bond motifs is 1. The van der Waals surface area contributed by atoms with Crippen LogP contribution in [0.2, 0.25) is 0 Å². The van der Waals surface area contributed by atoms with Gasteiger partial charge in [-0.1, -0.05) is 11.2 Å². The fourth-order valence-corrected chi connectivity index (χ4v) is 3.54. The molecule has 0 spiro atoms. The SMILES string of the molecule is CS(=N)(=O)CCCCOc1nonc1C(=NO)NC1Cc2ccc(F)cc21. The average molecular weight is 397 g/mol. The summed E-state index contributed by atoms with van der Waals surface area (Å²) in [5.41, 5.74) is 1.90. The van der Waals surface area contributed by atoms with Crippen LogP contribution in [0.1, 0.15) is 35.7 Å². The van der Waals surface area contributed by atoms with E-state index < -0.39 is 9.73 Å². The predicted molar refractivity (Wildman–Crippen MR) is 95.0 cm³/mol. The average Bonchev–Trinajstić information content (AvgIpc) is 3.05. The smallest absolute Gasteiger partial charge is 0.287 e. The molecular weight excluding hydrogens is 377 g/mol. The molecule has 9 nitrogen and oxygen atoms in total. The first kappa shape index (κ1) is 19.1. The summed E-state index contributed by atoms with van der Waals surface area (Å²) in [4.78, 5) is 0. The molecule has 0 amide bonds. The first-order chi connectivity index (χ1) is 12.9. The number of nitrogens with one attached hydrogen (secondary N) is 2. The summed E-state index contributed by atoms with van der Waals surface area (Å²) < 4.78 is 42.2. The van der Waals surface area contributed by atoms with Crippen molar-refractivity contribution in [1.29, 1.82) is 4.78 Å². The van der Waals surface area contributed by atoms with Gasteiger partial charge in [-0.05, 0) is 52.8 Å². The van der Waals surface area contributed by atoms with Gasteiger partial charge in [0.05, 0.1) is 12.6 Å². The van der Waals surface area contributed by atoms with Crippen molar-refractivity contribution in [1.82, 2.24) is 15.6 Å². The van der Waals surface area contributed by atoms with E-state index in [9.17, 15) is 13.8 Å². The molecule has 3 N–H and O–H groups in total. The summed E-state index contributed by atoms with van der Waals surface area (Å²) in [6.45, 7) is 0.257. The van der Waals surface area contributed by atoms with Crippen LogP contribution in [0.25, 0.3) is 0 Å². The minimum absolute atomic E-state index is 0.00824. The van der Waals surface area contributed by atoms with Crippen molar-refractivity contribution in [3.05, 3.63) is 40.8 Å². The fourth-order valence-electron chi connectivity index (χ4n) is 2.78. The molecule has 0 radical (unpaired) electrons. The van der Waals surface area contributed by atoms with E-state index in [1.807, 2.05) is 0 Å². The number of oxime groups is 1. The molecule has 3 rings (SSSR count). The zero-order chi connectivity index (χ0) is 19.4. The highest BCUT2D eigenvalue weighted by Gasteiger charge is 2.30. The second-order valence-electron chi connectivity index (χ2n) is 6.38. The first-order valence-electron chi connectivity index (χ1n) is 8.31. The topological polar surface area (TPSA) is 134 Å². The molecule has 2 aromatic rings. The van der Waals surface area contributed by atoms with E-state index in [4.69, 9.17) is 9.52 Å². The lowest BCUT2D eigenvalue weighted by Crippen LogP contribution is -2.36. The van der Waals surface area contributed by atoms with Crippen molar-refractivity contribution in [3.63, 3.8) is 0 Å². The Morgan fingerprint density at radius 3 is 3.07 bits per heavy atom. The molecule has 11 heteroatoms. The number of amidine groups is 1. The van der Waals surface area contributed by atoms with E-state index in [0.717, 1.165) is 11.1 Å². The van der Waals surface area contributed by atoms with Gasteiger partial charge in [0.1, 0.15) is 5.82 Å². The van der Waals surface area contributed by atoms with Gasteiger partial charge in [0.15, 0.2) is 0 Å². The van der Waals surface area contributed by atoms with Gasteiger partial charge in [0.25, 0.3) is 5.88 Å². The molecule has 2 unspecified atom stereocenters. The van der Waals surface area contributed by atoms with Crippen molar-refractivity contribution in [2.24, 2.45) is 5.16 Å². The van der Waals surface area contributed by atoms with Crippen LogP contribution in [0.5, 0.6) is 5.88 Å². The van der Waals surface area contributed by atoms with E-state index in [0.29, 0.717) is 25.0 Å². The molecule has 1 aromatic heterocycles. The molecule has 0 aliphatic heterocycles. The normalized spacial score (nSPS) is 18.3. The Bertz CT molecular complexity index is 944. The van der Waals surface area contributed by atoms with E-state index >= 15 is 0 Å². The minimum atomic E-state index is -2.51. The molecule has 0 saturated heterocycles. The molecule has 2 atom stereocenters. The highest BCUT2D eigenvalue weighted by atomic mass is 32.2. The van der Waals surface area contributed by atoms with Crippen molar-refractivity contribution >= 4 is 15.6 Å². The summed E-state index contributed by atoms with van der Waals surface area (Å²) in [5.74, 6) is 0.0210. The Labute approximate surface area is 155 Å². The zero-order valence-electron chi connectivity index (χ0n) is 14.6. The lowest BCUT2D eigenvalue weighted by molar-refractivity contribution is 0.252. The monoisotopic (exact) mass is 397 g/mol. The molecule has 0 fully saturated rings. The van der Waals surface area contributed by atoms with E-state index in [-0.39, 0.29) is 35.9 Å². The second-order valence-corrected chi connectivity index (χ2v) is 8.79. The number of rotatable bonds is 8. The van der Waals surface area contributed by atoms with Crippen LogP contribution in [-0.2, 0) is 16.1 Å². The number of ether oxygens (including phenoxy) is 1. The van der Waals surface area contributed by atoms with Crippen molar-refractivity contribution in [2.75, 3.05) is 18.6 Å². The summed E-state index contributed by atoms with van der Waals surface area (Å²) in [7, 11) is -2.51. The second kappa shape index (κ2) is 7.91. The van der Waals surface area contributed by atoms with Gasteiger partial charge in [-0.15, -0.1) is 0 Å². The van der Waals surface area contributed by atoms with Gasteiger partial charge in [-0.25, -0.2) is 9.02 Å². The fraction of sp³-hybridized carbons (Fsp3) is 0.438. The Morgan fingerprint density at radius 2 is 2.33 bits per heavy atom. The molecule has 0 saturated carbocycles. The van der Waals surface area contributed by atoms with Crippen LogP contribution in [-0.4, -0.2) is 44.2 Å². The van der Waals surface area contributed by atoms with Crippen LogP contribution >= 0.6 is 0 Å². The number of hydrogen-bond acceptors (Lipinski definition) is 8. The number of nitrogens with zero attached hydrogens (tertiary/aromatic N) is 3. The molecule has 27 heavy (non-hydrogen) atoms. The van der Waals surface area contributed by atoms with Gasteiger partial charge in [0.2, 0.25) is 11.5 Å². The van der Waals surface area contributed by atoms with Crippen molar-refractivity contribution in [3.8, 4) is 5.88 Å². The predicted octanol–water partition coefficient (Wildman–Crippen LogP) is 2.07. The van der Waals surface area contributed by atoms with Crippen LogP contribution in [0, 0.1) is 10.6 Å². The number of halogens is 1. The summed E-state index contributed by atoms with van der Waals surface area (Å²) in [6.07, 6.45) is 3.19. The third-order valence-corrected chi connectivity index (χ3v) is 5.24. The third-order valence-electron chi connectivity index (χ3n) is 4.17. The lowest BCUT2D eigenvalue weighted by Gasteiger charge is -2.31. The highest BCUT2D eigenvalue weighted by Crippen LogP contribution is 2.33. The molecular formula is C16H20FN5O4S. The maximum atomic E-state index is 13.4. The van der Waals surface area contributed by atoms with Gasteiger partial charge in [-0.2, -0.15) is 0 Å². The van der Waals surface area contributed by atoms with Crippen LogP contribution in [0.3, 0.4) is 0 Å². The van der Waals surface area contributed by atoms with Gasteiger partial charge < -0.3 is 15.3 Å². The van der Waals surface area contributed by atoms with E-state index in [1.54, 1.807) is 6.07 Å². The van der Waals surface area contributed by atoms with Gasteiger partial charge in [0, 0.05) is 21.7 Å². The van der Waals surface area contributed by atoms with Crippen LogP contribution < -0.4 is 10.1 Å². The molecule has 1 aromatic carbocycles. The summed E-state index contributed by atoms with van der Waals surface area (Å²) >= 11 is 0. The Morgan fingerprint density at radius 1 is 1.52 bits per heavy atom. The number of benzene rings is 1. The minimum Gasteiger partial charge on any atom is -0.474 e. The van der Waals surface area contributed by atoms with Crippen molar-refractivity contribution in [2.45, 2.75) is 25.3 Å². The summed E-state index contributed by atoms with van der Waals surface area (Å²) in [6, 6.07) is 4.33. The van der Waals surface area contributed by atoms with Crippen LogP contribution in [0.15, 0.2) is 28.0 Å². The molecule has 1 heterocycles. The maximum absolute atomic E-state index is 13.4. The van der Waals surface area contributed by atoms with E-state index in [2.05, 4.69) is 25.4 Å². The van der Waals surface area contributed by atoms with Gasteiger partial charge >= 0.3 is 0 Å². The molecule has 146 valence electrons. The number of aromatic nitrogens is 2. The van der Waals surface area contributed by atoms with Crippen LogP contribution in [0.4, 0.5) is 4.39 Å². The Hall–Kier alpha value is -2.69. The zero-order valence-corrected chi connectivity index (χ0v) is 15.5. The third kappa shape index (κ3) is 4.73. The Kier molecular flexibility index (Phi) is 5.59. The number of unbranched alkanes of at least 4 members (excludes halogenated alkanes) is 1. The Balaban J connectivity index is 1.58. The summed E-state index contributed by atoms with van der Waals surface area (Å²) in [5, 5.41) is 22.8. The quantitative estimate of drug-likeness (QED) is 0.204. The molecule has 1 aliphatic carbocycles. The largest absolute Gasteiger partial charge is 0.474 e. The van der Waals surface area contributed by atoms with Crippen molar-refractivity contribution < 1.29 is 23.2 Å². The number of hydrogen-bond donors (Lipinski definition) is 3. The lowest BCUT2D eigenvalue weighted by atomic mass is 9.83. The highest BCUT2D eigenvalue weighted by molar-refractivity contribution is 7.91. The standard InChI is InChI=1S/C16H20FN5O4S/c1-27(18,24)7-3-2-6-25-16-14(21-26-22-16)15(20-23)19-13-8-10-4-5-11(17)9-12(10)13/h4-5,9,13,18,23H,2-3,6-8H2,1H3,(H,19,20). The van der Waals surface area contributed by atoms with Gasteiger partial charge in [-0.3, -0.25) is 8.99 Å². The van der Waals surface area contributed by atoms with E-state index in [1.165, 1.54) is 18.4 Å². The first-order valence-corrected chi connectivity index (χ1v) is 10.4. The molecule has 0 bridgehead atoms.